The van der Waals surface area contributed by atoms with Crippen molar-refractivity contribution in [3.63, 3.8) is 0 Å². The Bertz CT molecular complexity index is 727. The first-order valence-electron chi connectivity index (χ1n) is 8.77. The smallest absolute Gasteiger partial charge is 0.326 e. The van der Waals surface area contributed by atoms with Gasteiger partial charge in [0.15, 0.2) is 0 Å². The Kier molecular flexibility index (Phi) is 3.99. The number of imidazole rings is 1. The summed E-state index contributed by atoms with van der Waals surface area (Å²) in [4.78, 5) is 17.9. The van der Waals surface area contributed by atoms with Gasteiger partial charge in [-0.25, -0.2) is 4.79 Å². The molecule has 4 rings (SSSR count). The van der Waals surface area contributed by atoms with E-state index in [1.807, 2.05) is 28.8 Å². The van der Waals surface area contributed by atoms with Gasteiger partial charge in [0.1, 0.15) is 0 Å². The number of rotatable bonds is 2. The summed E-state index contributed by atoms with van der Waals surface area (Å²) >= 11 is 0. The molecule has 1 aromatic heterocycles. The van der Waals surface area contributed by atoms with Gasteiger partial charge >= 0.3 is 5.69 Å². The monoisotopic (exact) mass is 315 g/mol. The summed E-state index contributed by atoms with van der Waals surface area (Å²) in [5, 5.41) is 0. The lowest BCUT2D eigenvalue weighted by Crippen LogP contribution is -2.46. The van der Waals surface area contributed by atoms with Crippen LogP contribution in [0.3, 0.4) is 0 Å². The minimum Gasteiger partial charge on any atom is -0.378 e. The van der Waals surface area contributed by atoms with Gasteiger partial charge in [-0.1, -0.05) is 12.1 Å². The topological polar surface area (TPSA) is 50.3 Å². The van der Waals surface area contributed by atoms with E-state index in [4.69, 9.17) is 4.74 Å². The van der Waals surface area contributed by atoms with E-state index in [2.05, 4.69) is 16.8 Å². The molecule has 0 aliphatic carbocycles. The molecule has 23 heavy (non-hydrogen) atoms. The molecule has 124 valence electrons. The first-order valence-corrected chi connectivity index (χ1v) is 8.77. The highest BCUT2D eigenvalue weighted by molar-refractivity contribution is 5.75. The quantitative estimate of drug-likeness (QED) is 0.926. The number of piperidine rings is 1. The number of aromatic amines is 1. The molecule has 2 fully saturated rings. The van der Waals surface area contributed by atoms with Crippen molar-refractivity contribution < 1.29 is 4.74 Å². The van der Waals surface area contributed by atoms with Gasteiger partial charge in [0.05, 0.1) is 17.1 Å². The van der Waals surface area contributed by atoms with Gasteiger partial charge in [0, 0.05) is 31.8 Å². The zero-order valence-electron chi connectivity index (χ0n) is 13.7. The number of para-hydroxylation sites is 2. The second-order valence-corrected chi connectivity index (χ2v) is 6.94. The Balaban J connectivity index is 1.49. The van der Waals surface area contributed by atoms with E-state index >= 15 is 0 Å². The molecule has 2 atom stereocenters. The van der Waals surface area contributed by atoms with Crippen molar-refractivity contribution in [2.24, 2.45) is 0 Å². The molecule has 2 aliphatic heterocycles. The lowest BCUT2D eigenvalue weighted by molar-refractivity contribution is -0.0241. The van der Waals surface area contributed by atoms with E-state index in [-0.39, 0.29) is 5.69 Å². The van der Waals surface area contributed by atoms with Crippen LogP contribution in [0.15, 0.2) is 29.1 Å². The molecule has 0 spiro atoms. The first kappa shape index (κ1) is 15.0. The third-order valence-electron chi connectivity index (χ3n) is 5.46. The third-order valence-corrected chi connectivity index (χ3v) is 5.46. The zero-order valence-corrected chi connectivity index (χ0v) is 13.7. The van der Waals surface area contributed by atoms with Gasteiger partial charge in [-0.15, -0.1) is 0 Å². The van der Waals surface area contributed by atoms with Crippen molar-refractivity contribution in [2.75, 3.05) is 19.7 Å². The molecule has 5 nitrogen and oxygen atoms in total. The molecule has 1 N–H and O–H groups in total. The lowest BCUT2D eigenvalue weighted by atomic mass is 9.97. The number of nitrogens with one attached hydrogen (secondary N) is 1. The van der Waals surface area contributed by atoms with Crippen LogP contribution in [0.4, 0.5) is 0 Å². The SMILES string of the molecule is C[C@@H]1C[C@@H](N2CCC(n3c(=O)[nH]c4ccccc43)CC2)CCO1. The normalized spacial score (nSPS) is 27.5. The van der Waals surface area contributed by atoms with E-state index in [1.165, 1.54) is 0 Å². The summed E-state index contributed by atoms with van der Waals surface area (Å²) in [7, 11) is 0. The number of nitrogens with zero attached hydrogens (tertiary/aromatic N) is 2. The molecule has 2 aliphatic rings. The van der Waals surface area contributed by atoms with Crippen molar-refractivity contribution >= 4 is 11.0 Å². The summed E-state index contributed by atoms with van der Waals surface area (Å²) in [6.07, 6.45) is 4.75. The van der Waals surface area contributed by atoms with Crippen LogP contribution in [0.2, 0.25) is 0 Å². The van der Waals surface area contributed by atoms with Gasteiger partial charge in [-0.3, -0.25) is 4.57 Å². The fourth-order valence-corrected chi connectivity index (χ4v) is 4.25. The number of H-pyrrole nitrogens is 1. The average molecular weight is 315 g/mol. The standard InChI is InChI=1S/C18H25N3O2/c1-13-12-15(8-11-23-13)20-9-6-14(7-10-20)21-17-5-3-2-4-16(17)19-18(21)22/h2-5,13-15H,6-12H2,1H3,(H,19,22)/t13-,15+/m1/s1. The largest absolute Gasteiger partial charge is 0.378 e. The number of likely N-dealkylation sites (tertiary alicyclic amines) is 1. The molecule has 5 heteroatoms. The summed E-state index contributed by atoms with van der Waals surface area (Å²) in [5.74, 6) is 0. The van der Waals surface area contributed by atoms with Crippen molar-refractivity contribution in [2.45, 2.75) is 50.8 Å². The molecule has 1 aromatic carbocycles. The molecule has 2 aromatic rings. The van der Waals surface area contributed by atoms with Crippen LogP contribution < -0.4 is 5.69 Å². The van der Waals surface area contributed by atoms with Crippen LogP contribution in [-0.4, -0.2) is 46.3 Å². The van der Waals surface area contributed by atoms with Crippen LogP contribution in [0.5, 0.6) is 0 Å². The Morgan fingerprint density at radius 2 is 1.91 bits per heavy atom. The minimum atomic E-state index is 0.0318. The Labute approximate surface area is 136 Å². The van der Waals surface area contributed by atoms with Crippen LogP contribution in [0, 0.1) is 0 Å². The van der Waals surface area contributed by atoms with Crippen molar-refractivity contribution in [1.82, 2.24) is 14.5 Å². The van der Waals surface area contributed by atoms with Crippen LogP contribution in [-0.2, 0) is 4.74 Å². The Morgan fingerprint density at radius 3 is 2.70 bits per heavy atom. The highest BCUT2D eigenvalue weighted by atomic mass is 16.5. The van der Waals surface area contributed by atoms with E-state index < -0.39 is 0 Å². The van der Waals surface area contributed by atoms with Gasteiger partial charge < -0.3 is 14.6 Å². The second-order valence-electron chi connectivity index (χ2n) is 6.94. The molecule has 0 amide bonds. The highest BCUT2D eigenvalue weighted by Gasteiger charge is 2.30. The predicted octanol–water partition coefficient (Wildman–Crippen LogP) is 2.53. The Hall–Kier alpha value is -1.59. The molecule has 0 radical (unpaired) electrons. The summed E-state index contributed by atoms with van der Waals surface area (Å²) in [5.41, 5.74) is 2.01. The molecule has 3 heterocycles. The predicted molar refractivity (Wildman–Crippen MR) is 90.8 cm³/mol. The van der Waals surface area contributed by atoms with Crippen LogP contribution in [0.25, 0.3) is 11.0 Å². The van der Waals surface area contributed by atoms with Gasteiger partial charge in [-0.05, 0) is 44.7 Å². The minimum absolute atomic E-state index is 0.0318. The zero-order chi connectivity index (χ0) is 15.8. The fourth-order valence-electron chi connectivity index (χ4n) is 4.25. The maximum atomic E-state index is 12.3. The van der Waals surface area contributed by atoms with Crippen LogP contribution in [0.1, 0.15) is 38.6 Å². The van der Waals surface area contributed by atoms with Crippen molar-refractivity contribution in [3.05, 3.63) is 34.7 Å². The molecule has 2 saturated heterocycles. The maximum Gasteiger partial charge on any atom is 0.326 e. The van der Waals surface area contributed by atoms with Crippen LogP contribution >= 0.6 is 0 Å². The van der Waals surface area contributed by atoms with E-state index in [9.17, 15) is 4.79 Å². The number of benzene rings is 1. The lowest BCUT2D eigenvalue weighted by Gasteiger charge is -2.40. The molecular weight excluding hydrogens is 290 g/mol. The fraction of sp³-hybridized carbons (Fsp3) is 0.611. The van der Waals surface area contributed by atoms with Gasteiger partial charge in [0.2, 0.25) is 0 Å². The van der Waals surface area contributed by atoms with Crippen molar-refractivity contribution in [1.29, 1.82) is 0 Å². The molecule has 0 unspecified atom stereocenters. The number of hydrogen-bond acceptors (Lipinski definition) is 3. The molecule has 0 bridgehead atoms. The summed E-state index contributed by atoms with van der Waals surface area (Å²) in [6, 6.07) is 8.96. The number of aromatic nitrogens is 2. The summed E-state index contributed by atoms with van der Waals surface area (Å²) in [6.45, 7) is 5.21. The van der Waals surface area contributed by atoms with E-state index in [1.54, 1.807) is 0 Å². The number of fused-ring (bicyclic) bond motifs is 1. The van der Waals surface area contributed by atoms with E-state index in [0.717, 1.165) is 56.4 Å². The number of ether oxygens (including phenoxy) is 1. The third kappa shape index (κ3) is 2.83. The van der Waals surface area contributed by atoms with Crippen molar-refractivity contribution in [3.8, 4) is 0 Å². The first-order chi connectivity index (χ1) is 11.2. The second kappa shape index (κ2) is 6.13. The molecular formula is C18H25N3O2. The maximum absolute atomic E-state index is 12.3. The van der Waals surface area contributed by atoms with Gasteiger partial charge in [-0.2, -0.15) is 0 Å². The van der Waals surface area contributed by atoms with Gasteiger partial charge in [0.25, 0.3) is 0 Å². The highest BCUT2D eigenvalue weighted by Crippen LogP contribution is 2.28. The summed E-state index contributed by atoms with van der Waals surface area (Å²) < 4.78 is 7.64. The van der Waals surface area contributed by atoms with E-state index in [0.29, 0.717) is 18.2 Å². The Morgan fingerprint density at radius 1 is 1.13 bits per heavy atom. The number of hydrogen-bond donors (Lipinski definition) is 1. The molecule has 0 saturated carbocycles. The average Bonchev–Trinajstić information content (AvgIpc) is 2.91.